The third kappa shape index (κ3) is 3.66. The van der Waals surface area contributed by atoms with E-state index < -0.39 is 70.5 Å². The average molecular weight is 483 g/mol. The summed E-state index contributed by atoms with van der Waals surface area (Å²) >= 11 is 0. The second-order valence-electron chi connectivity index (χ2n) is 10.9. The number of esters is 3. The molecule has 0 radical (unpaired) electrons. The second kappa shape index (κ2) is 8.01. The molecule has 2 bridgehead atoms. The number of epoxide rings is 1. The SMILES string of the molecule is CC(=O)OCC12CC(OC(=O)CC(C)(C)O)C(C)=CC1OC1C(O)C(OC(C)=O)C2(C)C12CO2. The zero-order valence-corrected chi connectivity index (χ0v) is 20.5. The normalized spacial score (nSPS) is 42.5. The van der Waals surface area contributed by atoms with Gasteiger partial charge in [0.05, 0.1) is 35.6 Å². The van der Waals surface area contributed by atoms with Crippen molar-refractivity contribution >= 4 is 17.9 Å². The monoisotopic (exact) mass is 482 g/mol. The van der Waals surface area contributed by atoms with Crippen molar-refractivity contribution in [2.45, 2.75) is 96.1 Å². The van der Waals surface area contributed by atoms with Gasteiger partial charge in [-0.1, -0.05) is 13.0 Å². The second-order valence-corrected chi connectivity index (χ2v) is 10.9. The third-order valence-electron chi connectivity index (χ3n) is 8.00. The van der Waals surface area contributed by atoms with E-state index in [-0.39, 0.29) is 26.1 Å². The number of carbonyl (C=O) groups excluding carboxylic acids is 3. The van der Waals surface area contributed by atoms with Gasteiger partial charge in [-0.05, 0) is 26.3 Å². The van der Waals surface area contributed by atoms with Crippen LogP contribution >= 0.6 is 0 Å². The minimum atomic E-state index is -1.24. The molecule has 1 spiro atoms. The first-order valence-corrected chi connectivity index (χ1v) is 11.6. The van der Waals surface area contributed by atoms with Gasteiger partial charge in [-0.15, -0.1) is 0 Å². The predicted molar refractivity (Wildman–Crippen MR) is 115 cm³/mol. The lowest BCUT2D eigenvalue weighted by Gasteiger charge is -2.58. The van der Waals surface area contributed by atoms with Crippen molar-refractivity contribution in [1.82, 2.24) is 0 Å². The molecule has 2 aliphatic carbocycles. The van der Waals surface area contributed by atoms with Crippen LogP contribution in [0.1, 0.15) is 54.4 Å². The highest BCUT2D eigenvalue weighted by Gasteiger charge is 2.86. The first kappa shape index (κ1) is 25.1. The van der Waals surface area contributed by atoms with Gasteiger partial charge in [0, 0.05) is 20.3 Å². The number of aliphatic hydroxyl groups excluding tert-OH is 1. The largest absolute Gasteiger partial charge is 0.465 e. The van der Waals surface area contributed by atoms with Gasteiger partial charge in [-0.3, -0.25) is 14.4 Å². The summed E-state index contributed by atoms with van der Waals surface area (Å²) in [6.45, 7) is 9.43. The Labute approximate surface area is 198 Å². The third-order valence-corrected chi connectivity index (χ3v) is 8.00. The summed E-state index contributed by atoms with van der Waals surface area (Å²) in [5, 5.41) is 21.2. The summed E-state index contributed by atoms with van der Waals surface area (Å²) in [7, 11) is 0. The maximum absolute atomic E-state index is 12.6. The molecule has 10 heteroatoms. The van der Waals surface area contributed by atoms with E-state index in [2.05, 4.69) is 0 Å². The van der Waals surface area contributed by atoms with Crippen LogP contribution in [0.4, 0.5) is 0 Å². The molecule has 4 aliphatic rings. The van der Waals surface area contributed by atoms with Crippen molar-refractivity contribution in [3.63, 3.8) is 0 Å². The summed E-state index contributed by atoms with van der Waals surface area (Å²) in [5.74, 6) is -1.65. The highest BCUT2D eigenvalue weighted by molar-refractivity contribution is 5.71. The zero-order valence-electron chi connectivity index (χ0n) is 20.5. The van der Waals surface area contributed by atoms with E-state index in [0.29, 0.717) is 0 Å². The maximum Gasteiger partial charge on any atom is 0.309 e. The lowest BCUT2D eigenvalue weighted by atomic mass is 9.51. The molecular formula is C24H34O10. The van der Waals surface area contributed by atoms with Crippen molar-refractivity contribution in [3.8, 4) is 0 Å². The number of hydrogen-bond acceptors (Lipinski definition) is 10. The van der Waals surface area contributed by atoms with Gasteiger partial charge in [0.2, 0.25) is 0 Å². The summed E-state index contributed by atoms with van der Waals surface area (Å²) in [6, 6.07) is 0. The Morgan fingerprint density at radius 2 is 1.85 bits per heavy atom. The molecule has 2 saturated heterocycles. The lowest BCUT2D eigenvalue weighted by Crippen LogP contribution is -2.68. The number of rotatable bonds is 6. The number of hydrogen-bond donors (Lipinski definition) is 2. The van der Waals surface area contributed by atoms with Crippen LogP contribution in [0.15, 0.2) is 11.6 Å². The van der Waals surface area contributed by atoms with Crippen LogP contribution in [0.3, 0.4) is 0 Å². The van der Waals surface area contributed by atoms with Crippen molar-refractivity contribution < 1.29 is 48.3 Å². The average Bonchev–Trinajstić information content (AvgIpc) is 3.47. The molecule has 3 fully saturated rings. The van der Waals surface area contributed by atoms with Gasteiger partial charge in [-0.2, -0.15) is 0 Å². The van der Waals surface area contributed by atoms with E-state index in [1.807, 2.05) is 19.9 Å². The Kier molecular flexibility index (Phi) is 5.91. The van der Waals surface area contributed by atoms with Crippen LogP contribution in [0.5, 0.6) is 0 Å². The van der Waals surface area contributed by atoms with Gasteiger partial charge in [0.25, 0.3) is 0 Å². The van der Waals surface area contributed by atoms with Crippen molar-refractivity contribution in [1.29, 1.82) is 0 Å². The molecule has 8 unspecified atom stereocenters. The molecule has 190 valence electrons. The van der Waals surface area contributed by atoms with E-state index in [9.17, 15) is 24.6 Å². The fourth-order valence-corrected chi connectivity index (χ4v) is 6.27. The van der Waals surface area contributed by atoms with Crippen LogP contribution < -0.4 is 0 Å². The van der Waals surface area contributed by atoms with Gasteiger partial charge in [0.15, 0.2) is 0 Å². The molecule has 10 nitrogen and oxygen atoms in total. The predicted octanol–water partition coefficient (Wildman–Crippen LogP) is 0.808. The Balaban J connectivity index is 1.78. The van der Waals surface area contributed by atoms with E-state index in [4.69, 9.17) is 23.7 Å². The summed E-state index contributed by atoms with van der Waals surface area (Å²) in [6.07, 6.45) is -2.40. The fraction of sp³-hybridized carbons (Fsp3) is 0.792. The molecule has 1 saturated carbocycles. The van der Waals surface area contributed by atoms with Gasteiger partial charge in [-0.25, -0.2) is 0 Å². The Morgan fingerprint density at radius 1 is 1.21 bits per heavy atom. The van der Waals surface area contributed by atoms with Crippen LogP contribution in [0.2, 0.25) is 0 Å². The van der Waals surface area contributed by atoms with Crippen molar-refractivity contribution in [3.05, 3.63) is 11.6 Å². The fourth-order valence-electron chi connectivity index (χ4n) is 6.27. The van der Waals surface area contributed by atoms with Gasteiger partial charge in [0.1, 0.15) is 36.6 Å². The Bertz CT molecular complexity index is 915. The van der Waals surface area contributed by atoms with E-state index in [1.54, 1.807) is 0 Å². The molecule has 2 aliphatic heterocycles. The van der Waals surface area contributed by atoms with Crippen LogP contribution in [0.25, 0.3) is 0 Å². The molecule has 0 aromatic rings. The van der Waals surface area contributed by atoms with Crippen LogP contribution in [-0.4, -0.2) is 83.1 Å². The lowest BCUT2D eigenvalue weighted by molar-refractivity contribution is -0.241. The first-order valence-electron chi connectivity index (χ1n) is 11.6. The van der Waals surface area contributed by atoms with E-state index in [0.717, 1.165) is 5.57 Å². The highest BCUT2D eigenvalue weighted by Crippen LogP contribution is 2.72. The number of aliphatic hydroxyl groups is 2. The van der Waals surface area contributed by atoms with Crippen LogP contribution in [0, 0.1) is 10.8 Å². The molecule has 0 aromatic carbocycles. The number of fused-ring (bicyclic) bond motifs is 2. The Hall–Kier alpha value is -2.01. The van der Waals surface area contributed by atoms with Gasteiger partial charge >= 0.3 is 17.9 Å². The molecule has 0 amide bonds. The first-order chi connectivity index (χ1) is 15.7. The quantitative estimate of drug-likeness (QED) is 0.242. The molecule has 34 heavy (non-hydrogen) atoms. The Morgan fingerprint density at radius 3 is 2.38 bits per heavy atom. The standard InChI is InChI=1S/C24H34O10/c1-12-7-16-23(10-30-13(2)25,8-15(12)33-17(27)9-21(4,5)29)22(6)19(32-14(3)26)18(28)20(34-16)24(22)11-31-24/h7,15-16,18-20,28-29H,8-11H2,1-6H3. The molecule has 8 atom stereocenters. The smallest absolute Gasteiger partial charge is 0.309 e. The van der Waals surface area contributed by atoms with E-state index in [1.165, 1.54) is 27.7 Å². The van der Waals surface area contributed by atoms with Crippen LogP contribution in [-0.2, 0) is 38.1 Å². The van der Waals surface area contributed by atoms with Crippen molar-refractivity contribution in [2.75, 3.05) is 13.2 Å². The highest BCUT2D eigenvalue weighted by atomic mass is 16.7. The van der Waals surface area contributed by atoms with Gasteiger partial charge < -0.3 is 33.9 Å². The molecule has 2 heterocycles. The number of ether oxygens (including phenoxy) is 5. The van der Waals surface area contributed by atoms with Crippen molar-refractivity contribution in [2.24, 2.45) is 10.8 Å². The topological polar surface area (TPSA) is 141 Å². The zero-order chi connectivity index (χ0) is 25.3. The number of carbonyl (C=O) groups is 3. The van der Waals surface area contributed by atoms with E-state index >= 15 is 0 Å². The molecular weight excluding hydrogens is 448 g/mol. The molecule has 4 rings (SSSR count). The minimum absolute atomic E-state index is 0.116. The molecule has 0 aromatic heterocycles. The summed E-state index contributed by atoms with van der Waals surface area (Å²) in [5.41, 5.74) is -3.50. The minimum Gasteiger partial charge on any atom is -0.465 e. The molecule has 2 N–H and O–H groups in total. The summed E-state index contributed by atoms with van der Waals surface area (Å²) < 4.78 is 29.2. The summed E-state index contributed by atoms with van der Waals surface area (Å²) in [4.78, 5) is 36.5. The maximum atomic E-state index is 12.6.